The highest BCUT2D eigenvalue weighted by atomic mass is 16.3. The molecule has 0 unspecified atom stereocenters. The Morgan fingerprint density at radius 2 is 0.810 bits per heavy atom. The number of nitrogens with zero attached hydrogens (tertiary/aromatic N) is 1. The van der Waals surface area contributed by atoms with Crippen molar-refractivity contribution in [2.45, 2.75) is 0 Å². The smallest absolute Gasteiger partial charge is 0.137 e. The van der Waals surface area contributed by atoms with Gasteiger partial charge in [-0.1, -0.05) is 170 Å². The van der Waals surface area contributed by atoms with E-state index in [1.165, 1.54) is 66.1 Å². The van der Waals surface area contributed by atoms with E-state index < -0.39 is 0 Å². The van der Waals surface area contributed by atoms with Gasteiger partial charge in [-0.05, 0) is 121 Å². The Balaban J connectivity index is 1.05. The molecule has 0 N–H and O–H groups in total. The second kappa shape index (κ2) is 14.1. The molecule has 0 saturated carbocycles. The quantitative estimate of drug-likeness (QED) is 0.162. The van der Waals surface area contributed by atoms with Gasteiger partial charge in [0.15, 0.2) is 0 Å². The van der Waals surface area contributed by atoms with E-state index in [1.807, 2.05) is 12.1 Å². The fourth-order valence-electron chi connectivity index (χ4n) is 8.74. The van der Waals surface area contributed by atoms with Crippen LogP contribution in [0.25, 0.3) is 88.0 Å². The molecule has 2 nitrogen and oxygen atoms in total. The first-order chi connectivity index (χ1) is 28.8. The van der Waals surface area contributed by atoms with Gasteiger partial charge in [-0.25, -0.2) is 0 Å². The maximum atomic E-state index is 6.41. The zero-order chi connectivity index (χ0) is 38.4. The monoisotopic (exact) mass is 739 g/mol. The summed E-state index contributed by atoms with van der Waals surface area (Å²) < 4.78 is 6.41. The first kappa shape index (κ1) is 33.6. The van der Waals surface area contributed by atoms with Crippen molar-refractivity contribution >= 4 is 60.5 Å². The minimum Gasteiger partial charge on any atom is -0.456 e. The first-order valence-corrected chi connectivity index (χ1v) is 19.8. The van der Waals surface area contributed by atoms with Gasteiger partial charge in [0.1, 0.15) is 11.2 Å². The topological polar surface area (TPSA) is 16.4 Å². The normalized spacial score (nSPS) is 11.4. The second-order valence-electron chi connectivity index (χ2n) is 14.9. The van der Waals surface area contributed by atoms with E-state index in [-0.39, 0.29) is 0 Å². The molecule has 0 saturated heterocycles. The van der Waals surface area contributed by atoms with Gasteiger partial charge in [-0.15, -0.1) is 0 Å². The Morgan fingerprint density at radius 3 is 1.50 bits per heavy atom. The van der Waals surface area contributed by atoms with E-state index in [2.05, 4.69) is 217 Å². The molecule has 0 atom stereocenters. The van der Waals surface area contributed by atoms with Crippen LogP contribution in [0, 0.1) is 0 Å². The molecule has 1 aromatic heterocycles. The van der Waals surface area contributed by atoms with E-state index in [0.29, 0.717) is 0 Å². The molecule has 0 aliphatic heterocycles. The van der Waals surface area contributed by atoms with Crippen LogP contribution >= 0.6 is 0 Å². The lowest BCUT2D eigenvalue weighted by atomic mass is 9.91. The van der Waals surface area contributed by atoms with Crippen LogP contribution in [0.5, 0.6) is 0 Å². The number of rotatable bonds is 7. The molecule has 0 aliphatic rings. The molecule has 0 radical (unpaired) electrons. The lowest BCUT2D eigenvalue weighted by Gasteiger charge is -2.27. The first-order valence-electron chi connectivity index (χ1n) is 19.8. The number of para-hydroxylation sites is 1. The fourth-order valence-corrected chi connectivity index (χ4v) is 8.74. The van der Waals surface area contributed by atoms with Gasteiger partial charge < -0.3 is 9.32 Å². The number of anilines is 3. The van der Waals surface area contributed by atoms with E-state index >= 15 is 0 Å². The molecule has 272 valence electrons. The standard InChI is InChI=1S/C56H37NO/c1-3-14-39(15-4-1)48-23-11-19-42-20-12-24-49(55(42)48)41-30-34-46(35-31-41)57(52-25-13-27-54-56(52)50-22-9-10-26-53(50)58-54)45-32-28-38(29-33-45)44-36-43-18-7-8-21-47(43)51(37-44)40-16-5-2-6-17-40/h1-37H. The van der Waals surface area contributed by atoms with E-state index in [9.17, 15) is 0 Å². The summed E-state index contributed by atoms with van der Waals surface area (Å²) in [5.41, 5.74) is 14.6. The number of hydrogen-bond donors (Lipinski definition) is 0. The van der Waals surface area contributed by atoms with Crippen LogP contribution in [0.3, 0.4) is 0 Å². The van der Waals surface area contributed by atoms with E-state index in [0.717, 1.165) is 39.0 Å². The highest BCUT2D eigenvalue weighted by Gasteiger charge is 2.20. The summed E-state index contributed by atoms with van der Waals surface area (Å²) in [5.74, 6) is 0. The summed E-state index contributed by atoms with van der Waals surface area (Å²) in [6.07, 6.45) is 0. The number of furan rings is 1. The highest BCUT2D eigenvalue weighted by Crippen LogP contribution is 2.45. The Hall–Kier alpha value is -7.68. The molecule has 11 aromatic rings. The molecule has 0 spiro atoms. The Morgan fingerprint density at radius 1 is 0.293 bits per heavy atom. The molecule has 1 heterocycles. The third-order valence-corrected chi connectivity index (χ3v) is 11.5. The maximum absolute atomic E-state index is 6.41. The molecular weight excluding hydrogens is 703 g/mol. The second-order valence-corrected chi connectivity index (χ2v) is 14.9. The van der Waals surface area contributed by atoms with Crippen LogP contribution in [-0.2, 0) is 0 Å². The third kappa shape index (κ3) is 5.82. The van der Waals surface area contributed by atoms with Crippen molar-refractivity contribution in [1.29, 1.82) is 0 Å². The molecular formula is C56H37NO. The minimum absolute atomic E-state index is 0.866. The van der Waals surface area contributed by atoms with Crippen molar-refractivity contribution in [1.82, 2.24) is 0 Å². The van der Waals surface area contributed by atoms with Gasteiger partial charge in [0.2, 0.25) is 0 Å². The average Bonchev–Trinajstić information content (AvgIpc) is 3.69. The molecule has 0 bridgehead atoms. The van der Waals surface area contributed by atoms with Crippen LogP contribution in [0.2, 0.25) is 0 Å². The Kier molecular flexibility index (Phi) is 8.19. The molecule has 10 aromatic carbocycles. The lowest BCUT2D eigenvalue weighted by Crippen LogP contribution is -2.10. The maximum Gasteiger partial charge on any atom is 0.137 e. The van der Waals surface area contributed by atoms with Crippen molar-refractivity contribution in [2.75, 3.05) is 4.90 Å². The van der Waals surface area contributed by atoms with Crippen LogP contribution in [0.1, 0.15) is 0 Å². The zero-order valence-electron chi connectivity index (χ0n) is 31.7. The van der Waals surface area contributed by atoms with Gasteiger partial charge >= 0.3 is 0 Å². The van der Waals surface area contributed by atoms with Crippen LogP contribution in [0.4, 0.5) is 17.1 Å². The van der Waals surface area contributed by atoms with Crippen LogP contribution in [-0.4, -0.2) is 0 Å². The predicted octanol–water partition coefficient (Wildman–Crippen LogP) is 16.0. The largest absolute Gasteiger partial charge is 0.456 e. The minimum atomic E-state index is 0.866. The third-order valence-electron chi connectivity index (χ3n) is 11.5. The highest BCUT2D eigenvalue weighted by molar-refractivity contribution is 6.13. The van der Waals surface area contributed by atoms with Crippen molar-refractivity contribution < 1.29 is 4.42 Å². The number of benzene rings is 10. The molecule has 0 aliphatic carbocycles. The van der Waals surface area contributed by atoms with Crippen molar-refractivity contribution in [3.05, 3.63) is 224 Å². The number of fused-ring (bicyclic) bond motifs is 5. The summed E-state index contributed by atoms with van der Waals surface area (Å²) in [4.78, 5) is 2.37. The Bertz CT molecular complexity index is 3250. The zero-order valence-corrected chi connectivity index (χ0v) is 31.7. The molecule has 0 amide bonds. The van der Waals surface area contributed by atoms with Crippen LogP contribution in [0.15, 0.2) is 229 Å². The van der Waals surface area contributed by atoms with E-state index in [4.69, 9.17) is 4.42 Å². The Labute approximate surface area is 337 Å². The SMILES string of the molecule is c1ccc(-c2cc(-c3ccc(N(c4ccc(-c5cccc6cccc(-c7ccccc7)c56)cc4)c4cccc5oc6ccccc6c45)cc3)cc3ccccc23)cc1. The summed E-state index contributed by atoms with van der Waals surface area (Å²) >= 11 is 0. The molecule has 2 heteroatoms. The van der Waals surface area contributed by atoms with Gasteiger partial charge in [0, 0.05) is 16.8 Å². The predicted molar refractivity (Wildman–Crippen MR) is 245 cm³/mol. The summed E-state index contributed by atoms with van der Waals surface area (Å²) in [5, 5.41) is 7.16. The van der Waals surface area contributed by atoms with Crippen molar-refractivity contribution in [3.8, 4) is 44.5 Å². The van der Waals surface area contributed by atoms with Gasteiger partial charge in [-0.3, -0.25) is 0 Å². The molecule has 58 heavy (non-hydrogen) atoms. The van der Waals surface area contributed by atoms with Crippen molar-refractivity contribution in [3.63, 3.8) is 0 Å². The number of hydrogen-bond acceptors (Lipinski definition) is 2. The molecule has 0 fully saturated rings. The van der Waals surface area contributed by atoms with Crippen LogP contribution < -0.4 is 4.90 Å². The van der Waals surface area contributed by atoms with E-state index in [1.54, 1.807) is 0 Å². The van der Waals surface area contributed by atoms with Gasteiger partial charge in [0.25, 0.3) is 0 Å². The van der Waals surface area contributed by atoms with Crippen molar-refractivity contribution in [2.24, 2.45) is 0 Å². The average molecular weight is 740 g/mol. The summed E-state index contributed by atoms with van der Waals surface area (Å²) in [6.45, 7) is 0. The summed E-state index contributed by atoms with van der Waals surface area (Å²) in [7, 11) is 0. The lowest BCUT2D eigenvalue weighted by molar-refractivity contribution is 0.669. The summed E-state index contributed by atoms with van der Waals surface area (Å²) in [6, 6.07) is 80.6. The molecule has 11 rings (SSSR count). The van der Waals surface area contributed by atoms with Gasteiger partial charge in [-0.2, -0.15) is 0 Å². The fraction of sp³-hybridized carbons (Fsp3) is 0. The van der Waals surface area contributed by atoms with Gasteiger partial charge in [0.05, 0.1) is 11.1 Å².